The van der Waals surface area contributed by atoms with Gasteiger partial charge in [0.25, 0.3) is 0 Å². The minimum atomic E-state index is -0.238. The van der Waals surface area contributed by atoms with Gasteiger partial charge in [0.05, 0.1) is 0 Å². The second-order valence-corrected chi connectivity index (χ2v) is 4.18. The molecule has 0 saturated carbocycles. The summed E-state index contributed by atoms with van der Waals surface area (Å²) >= 11 is 0. The average molecular weight is 237 g/mol. The fourth-order valence-electron chi connectivity index (χ4n) is 1.60. The predicted molar refractivity (Wildman–Crippen MR) is 67.3 cm³/mol. The van der Waals surface area contributed by atoms with Crippen molar-refractivity contribution in [2.75, 3.05) is 6.54 Å². The summed E-state index contributed by atoms with van der Waals surface area (Å²) in [6.45, 7) is 2.90. The molecular weight excluding hydrogens is 217 g/mol. The highest BCUT2D eigenvalue weighted by atomic mass is 19.1. The molecule has 0 aliphatic rings. The summed E-state index contributed by atoms with van der Waals surface area (Å²) in [4.78, 5) is 11.5. The van der Waals surface area contributed by atoms with Crippen LogP contribution in [0.3, 0.4) is 0 Å². The van der Waals surface area contributed by atoms with Crippen LogP contribution in [0.5, 0.6) is 0 Å². The van der Waals surface area contributed by atoms with Crippen molar-refractivity contribution < 1.29 is 9.18 Å². The lowest BCUT2D eigenvalue weighted by molar-refractivity contribution is -0.121. The maximum atomic E-state index is 12.6. The molecule has 0 heterocycles. The van der Waals surface area contributed by atoms with Gasteiger partial charge in [0, 0.05) is 13.0 Å². The van der Waals surface area contributed by atoms with E-state index in [0.717, 1.165) is 31.4 Å². The first-order valence-corrected chi connectivity index (χ1v) is 6.23. The Labute approximate surface area is 102 Å². The molecular formula is C14H20FNO. The van der Waals surface area contributed by atoms with Crippen LogP contribution in [-0.2, 0) is 11.2 Å². The van der Waals surface area contributed by atoms with Crippen LogP contribution in [-0.4, -0.2) is 12.5 Å². The van der Waals surface area contributed by atoms with Crippen molar-refractivity contribution in [3.8, 4) is 0 Å². The molecule has 1 rings (SSSR count). The highest BCUT2D eigenvalue weighted by Gasteiger charge is 2.01. The first-order valence-electron chi connectivity index (χ1n) is 6.23. The molecule has 0 aliphatic carbocycles. The number of aryl methyl sites for hydroxylation is 1. The van der Waals surface area contributed by atoms with E-state index in [4.69, 9.17) is 0 Å². The number of carbonyl (C=O) groups excluding carboxylic acids is 1. The molecule has 0 aromatic heterocycles. The van der Waals surface area contributed by atoms with Gasteiger partial charge < -0.3 is 5.32 Å². The summed E-state index contributed by atoms with van der Waals surface area (Å²) in [5.41, 5.74) is 0.995. The number of rotatable bonds is 7. The lowest BCUT2D eigenvalue weighted by atomic mass is 10.1. The van der Waals surface area contributed by atoms with Gasteiger partial charge in [0.1, 0.15) is 5.82 Å². The SMILES string of the molecule is CCCCCNC(=O)CCc1ccc(F)cc1. The molecule has 2 nitrogen and oxygen atoms in total. The van der Waals surface area contributed by atoms with Crippen LogP contribution in [0.2, 0.25) is 0 Å². The van der Waals surface area contributed by atoms with Crippen molar-refractivity contribution in [3.63, 3.8) is 0 Å². The van der Waals surface area contributed by atoms with Gasteiger partial charge in [-0.2, -0.15) is 0 Å². The summed E-state index contributed by atoms with van der Waals surface area (Å²) in [7, 11) is 0. The van der Waals surface area contributed by atoms with Crippen molar-refractivity contribution in [2.45, 2.75) is 39.0 Å². The number of unbranched alkanes of at least 4 members (excludes halogenated alkanes) is 2. The second-order valence-electron chi connectivity index (χ2n) is 4.18. The van der Waals surface area contributed by atoms with Crippen LogP contribution >= 0.6 is 0 Å². The molecule has 17 heavy (non-hydrogen) atoms. The Bertz CT molecular complexity index is 335. The van der Waals surface area contributed by atoms with E-state index in [1.807, 2.05) is 0 Å². The zero-order valence-corrected chi connectivity index (χ0v) is 10.3. The molecule has 1 amide bonds. The van der Waals surface area contributed by atoms with E-state index in [1.165, 1.54) is 12.1 Å². The third kappa shape index (κ3) is 6.05. The number of hydrogen-bond donors (Lipinski definition) is 1. The normalized spacial score (nSPS) is 10.2. The fourth-order valence-corrected chi connectivity index (χ4v) is 1.60. The zero-order valence-electron chi connectivity index (χ0n) is 10.3. The van der Waals surface area contributed by atoms with Gasteiger partial charge in [0.15, 0.2) is 0 Å². The number of nitrogens with one attached hydrogen (secondary N) is 1. The monoisotopic (exact) mass is 237 g/mol. The van der Waals surface area contributed by atoms with E-state index in [2.05, 4.69) is 12.2 Å². The first kappa shape index (κ1) is 13.7. The van der Waals surface area contributed by atoms with E-state index in [1.54, 1.807) is 12.1 Å². The summed E-state index contributed by atoms with van der Waals surface area (Å²) < 4.78 is 12.6. The van der Waals surface area contributed by atoms with E-state index in [0.29, 0.717) is 12.8 Å². The molecule has 1 aromatic carbocycles. The Morgan fingerprint density at radius 2 is 1.94 bits per heavy atom. The molecule has 0 unspecified atom stereocenters. The maximum absolute atomic E-state index is 12.6. The quantitative estimate of drug-likeness (QED) is 0.725. The van der Waals surface area contributed by atoms with E-state index in [9.17, 15) is 9.18 Å². The van der Waals surface area contributed by atoms with Gasteiger partial charge in [0.2, 0.25) is 5.91 Å². The highest BCUT2D eigenvalue weighted by Crippen LogP contribution is 2.05. The molecule has 0 saturated heterocycles. The molecule has 0 radical (unpaired) electrons. The minimum absolute atomic E-state index is 0.0745. The third-order valence-corrected chi connectivity index (χ3v) is 2.66. The van der Waals surface area contributed by atoms with Crippen molar-refractivity contribution >= 4 is 5.91 Å². The van der Waals surface area contributed by atoms with Gasteiger partial charge in [-0.15, -0.1) is 0 Å². The Morgan fingerprint density at radius 1 is 1.24 bits per heavy atom. The van der Waals surface area contributed by atoms with Crippen LogP contribution in [0.1, 0.15) is 38.2 Å². The maximum Gasteiger partial charge on any atom is 0.220 e. The van der Waals surface area contributed by atoms with Crippen molar-refractivity contribution in [1.82, 2.24) is 5.32 Å². The van der Waals surface area contributed by atoms with Crippen molar-refractivity contribution in [1.29, 1.82) is 0 Å². The Hall–Kier alpha value is -1.38. The molecule has 0 spiro atoms. The molecule has 0 bridgehead atoms. The number of carbonyl (C=O) groups is 1. The van der Waals surface area contributed by atoms with Crippen LogP contribution < -0.4 is 5.32 Å². The van der Waals surface area contributed by atoms with Gasteiger partial charge in [-0.3, -0.25) is 4.79 Å². The van der Waals surface area contributed by atoms with Crippen LogP contribution in [0, 0.1) is 5.82 Å². The number of amides is 1. The largest absolute Gasteiger partial charge is 0.356 e. The molecule has 3 heteroatoms. The lowest BCUT2D eigenvalue weighted by Gasteiger charge is -2.04. The van der Waals surface area contributed by atoms with Crippen LogP contribution in [0.4, 0.5) is 4.39 Å². The van der Waals surface area contributed by atoms with Gasteiger partial charge >= 0.3 is 0 Å². The van der Waals surface area contributed by atoms with Gasteiger partial charge in [-0.25, -0.2) is 4.39 Å². The standard InChI is InChI=1S/C14H20FNO/c1-2-3-4-11-16-14(17)10-7-12-5-8-13(15)9-6-12/h5-6,8-9H,2-4,7,10-11H2,1H3,(H,16,17). The fraction of sp³-hybridized carbons (Fsp3) is 0.500. The van der Waals surface area contributed by atoms with E-state index >= 15 is 0 Å². The summed E-state index contributed by atoms with van der Waals surface area (Å²) in [5, 5.41) is 2.89. The topological polar surface area (TPSA) is 29.1 Å². The Morgan fingerprint density at radius 3 is 2.59 bits per heavy atom. The van der Waals surface area contributed by atoms with Crippen molar-refractivity contribution in [3.05, 3.63) is 35.6 Å². The molecule has 0 fully saturated rings. The zero-order chi connectivity index (χ0) is 12.5. The molecule has 94 valence electrons. The van der Waals surface area contributed by atoms with Gasteiger partial charge in [-0.05, 0) is 30.5 Å². The predicted octanol–water partition coefficient (Wildman–Crippen LogP) is 3.06. The minimum Gasteiger partial charge on any atom is -0.356 e. The average Bonchev–Trinajstić information content (AvgIpc) is 2.34. The third-order valence-electron chi connectivity index (χ3n) is 2.66. The first-order chi connectivity index (χ1) is 8.22. The molecule has 0 atom stereocenters. The number of halogens is 1. The highest BCUT2D eigenvalue weighted by molar-refractivity contribution is 5.76. The smallest absolute Gasteiger partial charge is 0.220 e. The Balaban J connectivity index is 2.17. The van der Waals surface area contributed by atoms with Crippen molar-refractivity contribution in [2.24, 2.45) is 0 Å². The number of benzene rings is 1. The molecule has 1 aromatic rings. The number of hydrogen-bond acceptors (Lipinski definition) is 1. The van der Waals surface area contributed by atoms with E-state index < -0.39 is 0 Å². The second kappa shape index (κ2) is 7.82. The summed E-state index contributed by atoms with van der Waals surface area (Å²) in [6, 6.07) is 6.29. The Kier molecular flexibility index (Phi) is 6.30. The van der Waals surface area contributed by atoms with E-state index in [-0.39, 0.29) is 11.7 Å². The molecule has 0 aliphatic heterocycles. The van der Waals surface area contributed by atoms with Crippen LogP contribution in [0.15, 0.2) is 24.3 Å². The lowest BCUT2D eigenvalue weighted by Crippen LogP contribution is -2.24. The summed E-state index contributed by atoms with van der Waals surface area (Å²) in [5.74, 6) is -0.164. The van der Waals surface area contributed by atoms with Crippen LogP contribution in [0.25, 0.3) is 0 Å². The van der Waals surface area contributed by atoms with Gasteiger partial charge in [-0.1, -0.05) is 31.9 Å². The molecule has 1 N–H and O–H groups in total. The summed E-state index contributed by atoms with van der Waals surface area (Å²) in [6.07, 6.45) is 4.49.